The lowest BCUT2D eigenvalue weighted by Crippen LogP contribution is -2.56. The highest BCUT2D eigenvalue weighted by Gasteiger charge is 2.58. The van der Waals surface area contributed by atoms with Crippen LogP contribution in [0.4, 0.5) is 0 Å². The van der Waals surface area contributed by atoms with E-state index < -0.39 is 16.4 Å². The highest BCUT2D eigenvalue weighted by Crippen LogP contribution is 2.62. The maximum atomic E-state index is 14.5. The van der Waals surface area contributed by atoms with Gasteiger partial charge in [-0.05, 0) is 77.7 Å². The lowest BCUT2D eigenvalue weighted by Gasteiger charge is -2.55. The molecule has 0 bridgehead atoms. The summed E-state index contributed by atoms with van der Waals surface area (Å²) in [5.74, 6) is 3.17. The molecule has 0 unspecified atom stereocenters. The normalized spacial score (nSPS) is 26.1. The van der Waals surface area contributed by atoms with Crippen molar-refractivity contribution in [3.05, 3.63) is 78.1 Å². The van der Waals surface area contributed by atoms with Crippen molar-refractivity contribution >= 4 is 32.9 Å². The molecule has 1 fully saturated rings. The number of aryl methyl sites for hydroxylation is 1. The summed E-state index contributed by atoms with van der Waals surface area (Å²) in [6.45, 7) is 18.6. The molecular weight excluding hydrogens is 537 g/mol. The van der Waals surface area contributed by atoms with Crippen molar-refractivity contribution in [2.24, 2.45) is 17.3 Å². The second-order valence-corrected chi connectivity index (χ2v) is 23.1. The van der Waals surface area contributed by atoms with Gasteiger partial charge in [0, 0.05) is 24.2 Å². The summed E-state index contributed by atoms with van der Waals surface area (Å²) < 4.78 is 13.3. The Morgan fingerprint density at radius 1 is 1.02 bits per heavy atom. The van der Waals surface area contributed by atoms with E-state index in [2.05, 4.69) is 95.9 Å². The minimum absolute atomic E-state index is 0.218. The number of hydrogen-bond donors (Lipinski definition) is 0. The van der Waals surface area contributed by atoms with Crippen LogP contribution in [0.25, 0.3) is 5.57 Å². The first-order valence-electron chi connectivity index (χ1n) is 16.0. The van der Waals surface area contributed by atoms with Gasteiger partial charge in [0.2, 0.25) is 8.32 Å². The summed E-state index contributed by atoms with van der Waals surface area (Å²) in [4.78, 5) is 14.5. The Hall–Kier alpha value is -2.38. The van der Waals surface area contributed by atoms with E-state index in [1.807, 2.05) is 0 Å². The van der Waals surface area contributed by atoms with Gasteiger partial charge >= 0.3 is 0 Å². The van der Waals surface area contributed by atoms with E-state index in [0.29, 0.717) is 23.8 Å². The van der Waals surface area contributed by atoms with Crippen molar-refractivity contribution in [1.29, 1.82) is 0 Å². The summed E-state index contributed by atoms with van der Waals surface area (Å²) in [5.41, 5.74) is 4.10. The molecule has 0 aliphatic heterocycles. The Morgan fingerprint density at radius 2 is 1.73 bits per heavy atom. The lowest BCUT2D eigenvalue weighted by atomic mass is 9.51. The number of ketones is 1. The van der Waals surface area contributed by atoms with Crippen LogP contribution in [0.15, 0.2) is 66.9 Å². The first-order valence-corrected chi connectivity index (χ1v) is 21.6. The highest BCUT2D eigenvalue weighted by molar-refractivity contribution is 6.91. The second-order valence-electron chi connectivity index (χ2n) is 13.5. The summed E-state index contributed by atoms with van der Waals surface area (Å²) in [7, 11) is -3.73. The standard InChI is InChI=1S/C36H50O3Si2/c1-8-21-38-28-18-19-31-26(22-28)17-20-32-35(31)33(39-41(9-2,10-3)11-4)24-27-23-30(25-34(37)36(27,32)5)40(6,7)29-15-13-12-14-16-29/h8,12-16,18-19,22,27,30,32H,1,9-11,17,20-21,23-25H2,2-7H3/t27-,30+,32-,36-/m0/s1. The Labute approximate surface area is 250 Å². The van der Waals surface area contributed by atoms with Crippen LogP contribution < -0.4 is 9.92 Å². The third kappa shape index (κ3) is 5.22. The fraction of sp³-hybridized carbons (Fsp3) is 0.528. The Kier molecular flexibility index (Phi) is 8.60. The minimum Gasteiger partial charge on any atom is -0.546 e. The average molecular weight is 587 g/mol. The summed E-state index contributed by atoms with van der Waals surface area (Å²) >= 11 is 0. The monoisotopic (exact) mass is 586 g/mol. The molecule has 0 radical (unpaired) electrons. The maximum Gasteiger partial charge on any atom is 0.250 e. The number of Topliss-reactive ketones (excluding diaryl/α,β-unsaturated/α-hetero) is 1. The topological polar surface area (TPSA) is 35.5 Å². The van der Waals surface area contributed by atoms with Crippen LogP contribution in [0.5, 0.6) is 5.75 Å². The Morgan fingerprint density at radius 3 is 2.39 bits per heavy atom. The maximum absolute atomic E-state index is 14.5. The molecule has 1 saturated carbocycles. The fourth-order valence-electron chi connectivity index (χ4n) is 8.29. The molecule has 3 nitrogen and oxygen atoms in total. The molecule has 4 atom stereocenters. The number of carbonyl (C=O) groups is 1. The molecule has 2 aromatic rings. The molecule has 0 aromatic heterocycles. The van der Waals surface area contributed by atoms with E-state index >= 15 is 0 Å². The van der Waals surface area contributed by atoms with Gasteiger partial charge < -0.3 is 9.16 Å². The van der Waals surface area contributed by atoms with Gasteiger partial charge in [-0.3, -0.25) is 4.79 Å². The van der Waals surface area contributed by atoms with Crippen molar-refractivity contribution < 1.29 is 14.0 Å². The van der Waals surface area contributed by atoms with Gasteiger partial charge in [0.1, 0.15) is 18.1 Å². The Bertz CT molecular complexity index is 1300. The van der Waals surface area contributed by atoms with E-state index in [9.17, 15) is 4.79 Å². The molecule has 5 heteroatoms. The predicted molar refractivity (Wildman–Crippen MR) is 177 cm³/mol. The van der Waals surface area contributed by atoms with E-state index in [0.717, 1.165) is 56.0 Å². The van der Waals surface area contributed by atoms with Gasteiger partial charge in [-0.2, -0.15) is 0 Å². The molecule has 0 saturated heterocycles. The van der Waals surface area contributed by atoms with Crippen molar-refractivity contribution in [3.63, 3.8) is 0 Å². The fourth-order valence-corrected chi connectivity index (χ4v) is 14.0. The molecule has 41 heavy (non-hydrogen) atoms. The molecular formula is C36H50O3Si2. The van der Waals surface area contributed by atoms with Crippen LogP contribution in [-0.2, 0) is 15.6 Å². The molecule has 0 N–H and O–H groups in total. The third-order valence-electron chi connectivity index (χ3n) is 11.5. The van der Waals surface area contributed by atoms with Crippen molar-refractivity contribution in [3.8, 4) is 5.75 Å². The quantitative estimate of drug-likeness (QED) is 0.206. The van der Waals surface area contributed by atoms with E-state index in [-0.39, 0.29) is 11.3 Å². The summed E-state index contributed by atoms with van der Waals surface area (Å²) in [5, 5.41) is 1.47. The molecule has 3 aliphatic rings. The van der Waals surface area contributed by atoms with Crippen LogP contribution in [-0.4, -0.2) is 28.8 Å². The van der Waals surface area contributed by atoms with Gasteiger partial charge in [-0.1, -0.05) is 95.0 Å². The number of rotatable bonds is 10. The number of ether oxygens (including phenoxy) is 1. The molecule has 2 aromatic carbocycles. The molecule has 220 valence electrons. The highest BCUT2D eigenvalue weighted by atomic mass is 28.4. The van der Waals surface area contributed by atoms with Crippen LogP contribution in [0.3, 0.4) is 0 Å². The first kappa shape index (κ1) is 30.1. The van der Waals surface area contributed by atoms with Crippen molar-refractivity contribution in [2.75, 3.05) is 6.61 Å². The van der Waals surface area contributed by atoms with Gasteiger partial charge in [0.15, 0.2) is 0 Å². The molecule has 0 spiro atoms. The Balaban J connectivity index is 1.59. The van der Waals surface area contributed by atoms with Gasteiger partial charge in [0.05, 0.1) is 13.8 Å². The van der Waals surface area contributed by atoms with Crippen LogP contribution in [0.1, 0.15) is 64.5 Å². The van der Waals surface area contributed by atoms with E-state index in [1.165, 1.54) is 27.6 Å². The number of fused-ring (bicyclic) bond motifs is 5. The van der Waals surface area contributed by atoms with Crippen LogP contribution in [0.2, 0.25) is 36.8 Å². The molecule has 5 rings (SSSR count). The largest absolute Gasteiger partial charge is 0.546 e. The first-order chi connectivity index (χ1) is 19.6. The van der Waals surface area contributed by atoms with E-state index in [1.54, 1.807) is 6.08 Å². The van der Waals surface area contributed by atoms with Gasteiger partial charge in [-0.25, -0.2) is 0 Å². The second kappa shape index (κ2) is 11.7. The van der Waals surface area contributed by atoms with E-state index in [4.69, 9.17) is 9.16 Å². The SMILES string of the molecule is C=CCOc1ccc2c(c1)CC[C@H]1C2=C(O[Si](CC)(CC)CC)C[C@@H]2C[C@@H]([Si](C)(C)c3ccccc3)CC(=O)[C@@]21C. The number of allylic oxidation sites excluding steroid dienone is 2. The lowest BCUT2D eigenvalue weighted by molar-refractivity contribution is -0.137. The molecule has 0 heterocycles. The molecule has 0 amide bonds. The van der Waals surface area contributed by atoms with Gasteiger partial charge in [0.25, 0.3) is 0 Å². The number of carbonyl (C=O) groups excluding carboxylic acids is 1. The van der Waals surface area contributed by atoms with Crippen LogP contribution in [0, 0.1) is 17.3 Å². The predicted octanol–water partition coefficient (Wildman–Crippen LogP) is 8.92. The zero-order valence-electron chi connectivity index (χ0n) is 26.2. The minimum atomic E-state index is -1.90. The van der Waals surface area contributed by atoms with Crippen molar-refractivity contribution in [2.45, 2.75) is 96.6 Å². The smallest absolute Gasteiger partial charge is 0.250 e. The van der Waals surface area contributed by atoms with Crippen molar-refractivity contribution in [1.82, 2.24) is 0 Å². The summed E-state index contributed by atoms with van der Waals surface area (Å²) in [6.07, 6.45) is 6.52. The zero-order chi connectivity index (χ0) is 29.4. The van der Waals surface area contributed by atoms with Gasteiger partial charge in [-0.15, -0.1) is 0 Å². The summed E-state index contributed by atoms with van der Waals surface area (Å²) in [6, 6.07) is 21.0. The third-order valence-corrected chi connectivity index (χ3v) is 20.4. The zero-order valence-corrected chi connectivity index (χ0v) is 28.2. The number of benzene rings is 2. The number of hydrogen-bond acceptors (Lipinski definition) is 3. The molecule has 3 aliphatic carbocycles. The average Bonchev–Trinajstić information content (AvgIpc) is 2.99. The van der Waals surface area contributed by atoms with Crippen LogP contribution >= 0.6 is 0 Å².